The molecule has 1 atom stereocenters. The normalized spacial score (nSPS) is 21.1. The van der Waals surface area contributed by atoms with Gasteiger partial charge >= 0.3 is 0 Å². The lowest BCUT2D eigenvalue weighted by molar-refractivity contribution is 0.266. The minimum atomic E-state index is 0.672. The molecule has 2 rings (SSSR count). The lowest BCUT2D eigenvalue weighted by Crippen LogP contribution is -2.29. The molecule has 0 radical (unpaired) electrons. The van der Waals surface area contributed by atoms with E-state index in [1.54, 1.807) is 0 Å². The standard InChI is InChI=1S/C13H20BrN3/c1-10(2)17-6-5-11(9-17)7-15-13-4-3-12(14)8-16-13/h3-4,8,10-11H,5-7,9H2,1-2H3,(H,15,16). The molecule has 1 aliphatic heterocycles. The number of halogens is 1. The van der Waals surface area contributed by atoms with Crippen molar-refractivity contribution in [1.82, 2.24) is 9.88 Å². The van der Waals surface area contributed by atoms with Gasteiger partial charge < -0.3 is 10.2 Å². The Balaban J connectivity index is 1.78. The van der Waals surface area contributed by atoms with Crippen LogP contribution in [0.3, 0.4) is 0 Å². The number of likely N-dealkylation sites (tertiary alicyclic amines) is 1. The first-order valence-corrected chi connectivity index (χ1v) is 7.04. The topological polar surface area (TPSA) is 28.2 Å². The first kappa shape index (κ1) is 12.8. The Morgan fingerprint density at radius 1 is 1.53 bits per heavy atom. The minimum absolute atomic E-state index is 0.672. The summed E-state index contributed by atoms with van der Waals surface area (Å²) in [5, 5.41) is 3.41. The predicted molar refractivity (Wildman–Crippen MR) is 75.2 cm³/mol. The van der Waals surface area contributed by atoms with Crippen LogP contribution in [-0.2, 0) is 0 Å². The van der Waals surface area contributed by atoms with Gasteiger partial charge in [-0.2, -0.15) is 0 Å². The molecule has 94 valence electrons. The molecule has 3 nitrogen and oxygen atoms in total. The number of anilines is 1. The monoisotopic (exact) mass is 297 g/mol. The van der Waals surface area contributed by atoms with Crippen LogP contribution in [0.25, 0.3) is 0 Å². The number of pyridine rings is 1. The Labute approximate surface area is 112 Å². The Morgan fingerprint density at radius 2 is 2.35 bits per heavy atom. The summed E-state index contributed by atoms with van der Waals surface area (Å²) in [7, 11) is 0. The summed E-state index contributed by atoms with van der Waals surface area (Å²) in [6.07, 6.45) is 3.12. The lowest BCUT2D eigenvalue weighted by atomic mass is 10.1. The van der Waals surface area contributed by atoms with E-state index in [-0.39, 0.29) is 0 Å². The third-order valence-electron chi connectivity index (χ3n) is 3.35. The van der Waals surface area contributed by atoms with E-state index in [1.807, 2.05) is 18.3 Å². The highest BCUT2D eigenvalue weighted by Gasteiger charge is 2.23. The molecule has 1 N–H and O–H groups in total. The number of hydrogen-bond donors (Lipinski definition) is 1. The molecule has 2 heterocycles. The van der Waals surface area contributed by atoms with Crippen LogP contribution in [0.15, 0.2) is 22.8 Å². The van der Waals surface area contributed by atoms with Gasteiger partial charge in [0, 0.05) is 29.8 Å². The highest BCUT2D eigenvalue weighted by atomic mass is 79.9. The lowest BCUT2D eigenvalue weighted by Gasteiger charge is -2.20. The summed E-state index contributed by atoms with van der Waals surface area (Å²) in [6.45, 7) is 8.01. The van der Waals surface area contributed by atoms with Crippen LogP contribution < -0.4 is 5.32 Å². The van der Waals surface area contributed by atoms with Gasteiger partial charge in [0.25, 0.3) is 0 Å². The van der Waals surface area contributed by atoms with Crippen LogP contribution in [0.2, 0.25) is 0 Å². The second-order valence-corrected chi connectivity index (χ2v) is 5.90. The minimum Gasteiger partial charge on any atom is -0.370 e. The Morgan fingerprint density at radius 3 is 2.94 bits per heavy atom. The fraction of sp³-hybridized carbons (Fsp3) is 0.615. The largest absolute Gasteiger partial charge is 0.370 e. The van der Waals surface area contributed by atoms with Gasteiger partial charge in [0.15, 0.2) is 0 Å². The molecule has 0 saturated carbocycles. The molecule has 1 fully saturated rings. The van der Waals surface area contributed by atoms with Crippen LogP contribution in [0.1, 0.15) is 20.3 Å². The van der Waals surface area contributed by atoms with Gasteiger partial charge in [-0.05, 0) is 60.8 Å². The van der Waals surface area contributed by atoms with E-state index in [0.29, 0.717) is 6.04 Å². The molecule has 1 aromatic rings. The fourth-order valence-electron chi connectivity index (χ4n) is 2.23. The van der Waals surface area contributed by atoms with Crippen molar-refractivity contribution in [2.24, 2.45) is 5.92 Å². The maximum absolute atomic E-state index is 4.32. The van der Waals surface area contributed by atoms with Gasteiger partial charge in [-0.1, -0.05) is 0 Å². The zero-order valence-electron chi connectivity index (χ0n) is 10.5. The first-order chi connectivity index (χ1) is 8.15. The van der Waals surface area contributed by atoms with Crippen LogP contribution in [-0.4, -0.2) is 35.6 Å². The van der Waals surface area contributed by atoms with E-state index in [0.717, 1.165) is 22.8 Å². The number of aromatic nitrogens is 1. The first-order valence-electron chi connectivity index (χ1n) is 6.24. The molecule has 0 aromatic carbocycles. The SMILES string of the molecule is CC(C)N1CCC(CNc2ccc(Br)cn2)C1. The van der Waals surface area contributed by atoms with E-state index in [2.05, 4.69) is 45.0 Å². The average Bonchev–Trinajstić information content (AvgIpc) is 2.77. The highest BCUT2D eigenvalue weighted by Crippen LogP contribution is 2.19. The van der Waals surface area contributed by atoms with Gasteiger partial charge in [0.05, 0.1) is 0 Å². The van der Waals surface area contributed by atoms with Crippen molar-refractivity contribution in [1.29, 1.82) is 0 Å². The summed E-state index contributed by atoms with van der Waals surface area (Å²) in [4.78, 5) is 6.86. The number of rotatable bonds is 4. The summed E-state index contributed by atoms with van der Waals surface area (Å²) >= 11 is 3.39. The maximum atomic E-state index is 4.32. The third kappa shape index (κ3) is 3.68. The van der Waals surface area contributed by atoms with Crippen molar-refractivity contribution >= 4 is 21.7 Å². The molecule has 1 saturated heterocycles. The van der Waals surface area contributed by atoms with Crippen molar-refractivity contribution in [3.05, 3.63) is 22.8 Å². The summed E-state index contributed by atoms with van der Waals surface area (Å²) < 4.78 is 1.02. The van der Waals surface area contributed by atoms with E-state index in [1.165, 1.54) is 19.5 Å². The Hall–Kier alpha value is -0.610. The number of nitrogens with one attached hydrogen (secondary N) is 1. The van der Waals surface area contributed by atoms with Crippen molar-refractivity contribution in [2.75, 3.05) is 25.0 Å². The van der Waals surface area contributed by atoms with Crippen LogP contribution >= 0.6 is 15.9 Å². The molecule has 17 heavy (non-hydrogen) atoms. The fourth-order valence-corrected chi connectivity index (χ4v) is 2.46. The molecule has 1 aromatic heterocycles. The van der Waals surface area contributed by atoms with Crippen molar-refractivity contribution < 1.29 is 0 Å². The summed E-state index contributed by atoms with van der Waals surface area (Å²) in [5.41, 5.74) is 0. The summed E-state index contributed by atoms with van der Waals surface area (Å²) in [6, 6.07) is 4.70. The summed E-state index contributed by atoms with van der Waals surface area (Å²) in [5.74, 6) is 1.72. The molecule has 1 aliphatic rings. The molecule has 0 bridgehead atoms. The molecule has 0 spiro atoms. The van der Waals surface area contributed by atoms with Gasteiger partial charge in [0.1, 0.15) is 5.82 Å². The molecule has 4 heteroatoms. The van der Waals surface area contributed by atoms with Crippen molar-refractivity contribution in [2.45, 2.75) is 26.3 Å². The van der Waals surface area contributed by atoms with E-state index in [9.17, 15) is 0 Å². The predicted octanol–water partition coefficient (Wildman–Crippen LogP) is 2.99. The van der Waals surface area contributed by atoms with Gasteiger partial charge in [-0.3, -0.25) is 0 Å². The van der Waals surface area contributed by atoms with Gasteiger partial charge in [-0.25, -0.2) is 4.98 Å². The van der Waals surface area contributed by atoms with Gasteiger partial charge in [-0.15, -0.1) is 0 Å². The Kier molecular flexibility index (Phi) is 4.40. The van der Waals surface area contributed by atoms with E-state index >= 15 is 0 Å². The third-order valence-corrected chi connectivity index (χ3v) is 3.82. The van der Waals surface area contributed by atoms with Crippen molar-refractivity contribution in [3.8, 4) is 0 Å². The average molecular weight is 298 g/mol. The second-order valence-electron chi connectivity index (χ2n) is 4.99. The molecule has 1 unspecified atom stereocenters. The van der Waals surface area contributed by atoms with Crippen LogP contribution in [0, 0.1) is 5.92 Å². The van der Waals surface area contributed by atoms with E-state index in [4.69, 9.17) is 0 Å². The molecule has 0 amide bonds. The van der Waals surface area contributed by atoms with E-state index < -0.39 is 0 Å². The zero-order chi connectivity index (χ0) is 12.3. The van der Waals surface area contributed by atoms with Crippen molar-refractivity contribution in [3.63, 3.8) is 0 Å². The number of hydrogen-bond acceptors (Lipinski definition) is 3. The van der Waals surface area contributed by atoms with Crippen LogP contribution in [0.4, 0.5) is 5.82 Å². The highest BCUT2D eigenvalue weighted by molar-refractivity contribution is 9.10. The van der Waals surface area contributed by atoms with Crippen LogP contribution in [0.5, 0.6) is 0 Å². The molecule has 0 aliphatic carbocycles. The maximum Gasteiger partial charge on any atom is 0.125 e. The molecular weight excluding hydrogens is 278 g/mol. The Bertz CT molecular complexity index is 350. The van der Waals surface area contributed by atoms with Gasteiger partial charge in [0.2, 0.25) is 0 Å². The molecular formula is C13H20BrN3. The quantitative estimate of drug-likeness (QED) is 0.926. The zero-order valence-corrected chi connectivity index (χ0v) is 12.1. The second kappa shape index (κ2) is 5.83. The number of nitrogens with zero attached hydrogens (tertiary/aromatic N) is 2. The smallest absolute Gasteiger partial charge is 0.125 e.